The molecule has 17 heavy (non-hydrogen) atoms. The van der Waals surface area contributed by atoms with Gasteiger partial charge in [0.05, 0.1) is 0 Å². The lowest BCUT2D eigenvalue weighted by Crippen LogP contribution is -2.58. The number of hydrogen-bond acceptors (Lipinski definition) is 3. The lowest BCUT2D eigenvalue weighted by molar-refractivity contribution is 0.00572. The maximum absolute atomic E-state index is 6.13. The fraction of sp³-hybridized carbons (Fsp3) is 1.00. The molecular formula is C14H28N2O. The summed E-state index contributed by atoms with van der Waals surface area (Å²) in [6, 6.07) is 0. The summed E-state index contributed by atoms with van der Waals surface area (Å²) in [5.74, 6) is 0. The summed E-state index contributed by atoms with van der Waals surface area (Å²) in [5.41, 5.74) is 6.80. The van der Waals surface area contributed by atoms with Crippen LogP contribution in [-0.2, 0) is 4.74 Å². The minimum absolute atomic E-state index is 0.216. The van der Waals surface area contributed by atoms with Gasteiger partial charge in [-0.1, -0.05) is 13.8 Å². The summed E-state index contributed by atoms with van der Waals surface area (Å²) < 4.78 is 5.61. The normalized spacial score (nSPS) is 35.5. The van der Waals surface area contributed by atoms with Gasteiger partial charge in [0.15, 0.2) is 0 Å². The Bertz CT molecular complexity index is 245. The van der Waals surface area contributed by atoms with Crippen LogP contribution in [0.25, 0.3) is 0 Å². The van der Waals surface area contributed by atoms with Crippen LogP contribution in [0.15, 0.2) is 0 Å². The van der Waals surface area contributed by atoms with Crippen LogP contribution in [-0.4, -0.2) is 43.3 Å². The fourth-order valence-electron chi connectivity index (χ4n) is 3.47. The van der Waals surface area contributed by atoms with Crippen LogP contribution in [0.2, 0.25) is 0 Å². The molecule has 0 bridgehead atoms. The molecule has 0 amide bonds. The van der Waals surface area contributed by atoms with Gasteiger partial charge in [-0.15, -0.1) is 0 Å². The number of nitrogens with zero attached hydrogens (tertiary/aromatic N) is 1. The van der Waals surface area contributed by atoms with Crippen molar-refractivity contribution in [2.75, 3.05) is 32.8 Å². The number of nitrogens with two attached hydrogens (primary N) is 1. The van der Waals surface area contributed by atoms with Gasteiger partial charge in [-0.05, 0) is 44.1 Å². The minimum atomic E-state index is 0.216. The first kappa shape index (κ1) is 13.3. The van der Waals surface area contributed by atoms with Crippen LogP contribution in [0.4, 0.5) is 0 Å². The average Bonchev–Trinajstić information content (AvgIpc) is 2.53. The van der Waals surface area contributed by atoms with Gasteiger partial charge >= 0.3 is 0 Å². The summed E-state index contributed by atoms with van der Waals surface area (Å²) in [6.45, 7) is 9.78. The van der Waals surface area contributed by atoms with Crippen molar-refractivity contribution in [1.82, 2.24) is 4.90 Å². The maximum Gasteiger partial charge on any atom is 0.0484 e. The molecular weight excluding hydrogens is 212 g/mol. The smallest absolute Gasteiger partial charge is 0.0484 e. The van der Waals surface area contributed by atoms with E-state index in [1.54, 1.807) is 0 Å². The topological polar surface area (TPSA) is 38.5 Å². The molecule has 2 aliphatic rings. The van der Waals surface area contributed by atoms with Crippen LogP contribution in [0, 0.1) is 5.41 Å². The first-order chi connectivity index (χ1) is 8.08. The maximum atomic E-state index is 6.13. The highest BCUT2D eigenvalue weighted by molar-refractivity contribution is 4.96. The molecule has 0 radical (unpaired) electrons. The summed E-state index contributed by atoms with van der Waals surface area (Å²) in [7, 11) is 0. The molecule has 3 heteroatoms. The molecule has 0 aromatic carbocycles. The zero-order valence-electron chi connectivity index (χ0n) is 11.5. The molecule has 2 aliphatic heterocycles. The van der Waals surface area contributed by atoms with E-state index in [0.717, 1.165) is 32.6 Å². The van der Waals surface area contributed by atoms with E-state index in [9.17, 15) is 0 Å². The number of likely N-dealkylation sites (tertiary alicyclic amines) is 1. The Balaban J connectivity index is 2.10. The van der Waals surface area contributed by atoms with E-state index >= 15 is 0 Å². The molecule has 0 aromatic rings. The third kappa shape index (κ3) is 3.01. The highest BCUT2D eigenvalue weighted by Crippen LogP contribution is 2.36. The molecule has 1 unspecified atom stereocenters. The zero-order valence-corrected chi connectivity index (χ0v) is 11.5. The van der Waals surface area contributed by atoms with Crippen molar-refractivity contribution < 1.29 is 4.74 Å². The molecule has 0 aromatic heterocycles. The number of piperidine rings is 1. The predicted octanol–water partition coefficient (Wildman–Crippen LogP) is 2.01. The summed E-state index contributed by atoms with van der Waals surface area (Å²) in [6.07, 6.45) is 6.14. The molecule has 2 rings (SSSR count). The van der Waals surface area contributed by atoms with Crippen molar-refractivity contribution in [3.63, 3.8) is 0 Å². The number of ether oxygens (including phenoxy) is 1. The second-order valence-corrected chi connectivity index (χ2v) is 6.58. The molecule has 0 saturated carbocycles. The van der Waals surface area contributed by atoms with Gasteiger partial charge in [0, 0.05) is 31.8 Å². The summed E-state index contributed by atoms with van der Waals surface area (Å²) in [5, 5.41) is 0. The second kappa shape index (κ2) is 5.25. The highest BCUT2D eigenvalue weighted by Gasteiger charge is 2.40. The summed E-state index contributed by atoms with van der Waals surface area (Å²) in [4.78, 5) is 2.67. The van der Waals surface area contributed by atoms with E-state index in [1.807, 2.05) is 0 Å². The fourth-order valence-corrected chi connectivity index (χ4v) is 3.47. The van der Waals surface area contributed by atoms with Gasteiger partial charge in [0.25, 0.3) is 0 Å². The molecule has 0 spiro atoms. The molecule has 2 saturated heterocycles. The van der Waals surface area contributed by atoms with E-state index in [-0.39, 0.29) is 5.54 Å². The van der Waals surface area contributed by atoms with E-state index in [2.05, 4.69) is 18.7 Å². The molecule has 100 valence electrons. The molecule has 2 fully saturated rings. The Morgan fingerprint density at radius 2 is 1.94 bits per heavy atom. The van der Waals surface area contributed by atoms with Crippen LogP contribution in [0.1, 0.15) is 46.0 Å². The standard InChI is InChI=1S/C14H28N2O/c1-13(2)5-3-8-16(12-13)14(11-15)6-4-9-17-10-7-14/h3-12,15H2,1-2H3. The van der Waals surface area contributed by atoms with Gasteiger partial charge in [0.2, 0.25) is 0 Å². The largest absolute Gasteiger partial charge is 0.381 e. The van der Waals surface area contributed by atoms with Crippen molar-refractivity contribution in [3.8, 4) is 0 Å². The molecule has 1 atom stereocenters. The lowest BCUT2D eigenvalue weighted by Gasteiger charge is -2.49. The minimum Gasteiger partial charge on any atom is -0.381 e. The Kier molecular flexibility index (Phi) is 4.11. The van der Waals surface area contributed by atoms with Crippen molar-refractivity contribution in [3.05, 3.63) is 0 Å². The lowest BCUT2D eigenvalue weighted by atomic mass is 9.79. The number of hydrogen-bond donors (Lipinski definition) is 1. The van der Waals surface area contributed by atoms with Gasteiger partial charge in [-0.25, -0.2) is 0 Å². The van der Waals surface area contributed by atoms with E-state index in [1.165, 1.54) is 32.4 Å². The number of rotatable bonds is 2. The monoisotopic (exact) mass is 240 g/mol. The third-order valence-corrected chi connectivity index (χ3v) is 4.59. The van der Waals surface area contributed by atoms with Crippen molar-refractivity contribution in [2.24, 2.45) is 11.1 Å². The van der Waals surface area contributed by atoms with Crippen molar-refractivity contribution in [2.45, 2.75) is 51.5 Å². The average molecular weight is 240 g/mol. The molecule has 0 aliphatic carbocycles. The van der Waals surface area contributed by atoms with Crippen LogP contribution in [0.3, 0.4) is 0 Å². The van der Waals surface area contributed by atoms with Crippen molar-refractivity contribution in [1.29, 1.82) is 0 Å². The van der Waals surface area contributed by atoms with Crippen LogP contribution in [0.5, 0.6) is 0 Å². The van der Waals surface area contributed by atoms with Gasteiger partial charge in [-0.3, -0.25) is 4.90 Å². The first-order valence-corrected chi connectivity index (χ1v) is 7.11. The SMILES string of the molecule is CC1(C)CCCN(C2(CN)CCCOCC2)C1. The Morgan fingerprint density at radius 3 is 2.65 bits per heavy atom. The quantitative estimate of drug-likeness (QED) is 0.802. The third-order valence-electron chi connectivity index (χ3n) is 4.59. The van der Waals surface area contributed by atoms with E-state index < -0.39 is 0 Å². The van der Waals surface area contributed by atoms with Crippen molar-refractivity contribution >= 4 is 0 Å². The molecule has 2 heterocycles. The van der Waals surface area contributed by atoms with Gasteiger partial charge in [-0.2, -0.15) is 0 Å². The molecule has 2 N–H and O–H groups in total. The first-order valence-electron chi connectivity index (χ1n) is 7.11. The van der Waals surface area contributed by atoms with Gasteiger partial charge in [0.1, 0.15) is 0 Å². The van der Waals surface area contributed by atoms with E-state index in [0.29, 0.717) is 5.41 Å². The van der Waals surface area contributed by atoms with Crippen LogP contribution < -0.4 is 5.73 Å². The Labute approximate surface area is 106 Å². The molecule has 3 nitrogen and oxygen atoms in total. The zero-order chi connectivity index (χ0) is 12.4. The highest BCUT2D eigenvalue weighted by atomic mass is 16.5. The Hall–Kier alpha value is -0.120. The predicted molar refractivity (Wildman–Crippen MR) is 71.0 cm³/mol. The van der Waals surface area contributed by atoms with Gasteiger partial charge < -0.3 is 10.5 Å². The summed E-state index contributed by atoms with van der Waals surface area (Å²) >= 11 is 0. The van der Waals surface area contributed by atoms with Crippen LogP contribution >= 0.6 is 0 Å². The second-order valence-electron chi connectivity index (χ2n) is 6.58. The van der Waals surface area contributed by atoms with E-state index in [4.69, 9.17) is 10.5 Å². The Morgan fingerprint density at radius 1 is 1.12 bits per heavy atom.